The molecule has 0 aliphatic heterocycles. The summed E-state index contributed by atoms with van der Waals surface area (Å²) in [4.78, 5) is 10.2. The summed E-state index contributed by atoms with van der Waals surface area (Å²) in [7, 11) is -3.40. The summed E-state index contributed by atoms with van der Waals surface area (Å²) in [6.45, 7) is -2.63. The Morgan fingerprint density at radius 1 is 1.12 bits per heavy atom. The number of anilines is 1. The molecule has 0 bridgehead atoms. The smallest absolute Gasteiger partial charge is 0.383 e. The molecule has 1 amide bonds. The zero-order valence-electron chi connectivity index (χ0n) is 13.2. The molecule has 0 aliphatic carbocycles. The van der Waals surface area contributed by atoms with Crippen molar-refractivity contribution in [1.29, 1.82) is 0 Å². The van der Waals surface area contributed by atoms with Crippen molar-refractivity contribution in [3.63, 3.8) is 0 Å². The minimum Gasteiger partial charge on any atom is -0.383 e. The number of halogens is 6. The van der Waals surface area contributed by atoms with Gasteiger partial charge >= 0.3 is 18.3 Å². The lowest BCUT2D eigenvalue weighted by Crippen LogP contribution is -2.40. The maximum atomic E-state index is 12.6. The van der Waals surface area contributed by atoms with E-state index >= 15 is 0 Å². The van der Waals surface area contributed by atoms with Gasteiger partial charge < -0.3 is 10.1 Å². The van der Waals surface area contributed by atoms with Crippen LogP contribution in [-0.4, -0.2) is 57.8 Å². The van der Waals surface area contributed by atoms with Gasteiger partial charge in [-0.15, -0.1) is 0 Å². The molecule has 0 atom stereocenters. The second-order valence-electron chi connectivity index (χ2n) is 4.92. The average Bonchev–Trinajstić information content (AvgIpc) is 2.49. The van der Waals surface area contributed by atoms with E-state index in [4.69, 9.17) is 0 Å². The molecule has 6 nitrogen and oxygen atoms in total. The van der Waals surface area contributed by atoms with E-state index in [0.29, 0.717) is 0 Å². The number of amides is 1. The molecule has 0 heterocycles. The standard InChI is InChI=1S/C13H14F6N2O4S/c1-25-7-6-21(8-12(14,15)16)26(23,24)10-4-2-9(3-5-10)20-11(22)13(17,18)19/h2-5H,6-8H2,1H3,(H,20,22). The first-order valence-electron chi connectivity index (χ1n) is 6.81. The summed E-state index contributed by atoms with van der Waals surface area (Å²) in [6, 6.07) is 3.24. The molecule has 0 fully saturated rings. The van der Waals surface area contributed by atoms with Crippen molar-refractivity contribution >= 4 is 21.6 Å². The van der Waals surface area contributed by atoms with Crippen LogP contribution in [0.15, 0.2) is 29.2 Å². The maximum absolute atomic E-state index is 12.6. The highest BCUT2D eigenvalue weighted by Crippen LogP contribution is 2.24. The molecule has 1 aromatic carbocycles. The molecule has 13 heteroatoms. The third-order valence-electron chi connectivity index (χ3n) is 2.91. The highest BCUT2D eigenvalue weighted by molar-refractivity contribution is 7.89. The van der Waals surface area contributed by atoms with E-state index in [1.807, 2.05) is 0 Å². The number of hydrogen-bond acceptors (Lipinski definition) is 4. The first-order chi connectivity index (χ1) is 11.8. The van der Waals surface area contributed by atoms with Gasteiger partial charge in [0.1, 0.15) is 6.54 Å². The molecule has 148 valence electrons. The number of nitrogens with one attached hydrogen (secondary N) is 1. The van der Waals surface area contributed by atoms with Crippen molar-refractivity contribution in [3.05, 3.63) is 24.3 Å². The van der Waals surface area contributed by atoms with Gasteiger partial charge in [0.25, 0.3) is 0 Å². The zero-order valence-corrected chi connectivity index (χ0v) is 14.0. The molecule has 0 radical (unpaired) electrons. The second kappa shape index (κ2) is 8.22. The predicted molar refractivity (Wildman–Crippen MR) is 77.8 cm³/mol. The van der Waals surface area contributed by atoms with Crippen molar-refractivity contribution in [3.8, 4) is 0 Å². The number of ether oxygens (including phenoxy) is 1. The lowest BCUT2D eigenvalue weighted by Gasteiger charge is -2.23. The van der Waals surface area contributed by atoms with Crippen LogP contribution in [0.1, 0.15) is 0 Å². The minimum absolute atomic E-state index is 0.139. The highest BCUT2D eigenvalue weighted by Gasteiger charge is 2.39. The van der Waals surface area contributed by atoms with Crippen LogP contribution in [-0.2, 0) is 19.6 Å². The van der Waals surface area contributed by atoms with Gasteiger partial charge in [-0.1, -0.05) is 0 Å². The number of carbonyl (C=O) groups excluding carboxylic acids is 1. The van der Waals surface area contributed by atoms with Crippen LogP contribution in [0.2, 0.25) is 0 Å². The van der Waals surface area contributed by atoms with Crippen LogP contribution in [0.3, 0.4) is 0 Å². The van der Waals surface area contributed by atoms with E-state index in [1.165, 1.54) is 12.4 Å². The van der Waals surface area contributed by atoms with Gasteiger partial charge in [-0.05, 0) is 24.3 Å². The normalized spacial score (nSPS) is 13.1. The monoisotopic (exact) mass is 408 g/mol. The number of rotatable bonds is 7. The summed E-state index contributed by atoms with van der Waals surface area (Å²) in [5.74, 6) is -2.27. The van der Waals surface area contributed by atoms with Gasteiger partial charge in [0.05, 0.1) is 11.5 Å². The zero-order chi connectivity index (χ0) is 20.2. The molecule has 0 aromatic heterocycles. The van der Waals surface area contributed by atoms with E-state index in [0.717, 1.165) is 24.3 Å². The Morgan fingerprint density at radius 3 is 2.08 bits per heavy atom. The van der Waals surface area contributed by atoms with E-state index in [2.05, 4.69) is 4.74 Å². The van der Waals surface area contributed by atoms with Crippen LogP contribution in [0, 0.1) is 0 Å². The third-order valence-corrected chi connectivity index (χ3v) is 4.77. The fraction of sp³-hybridized carbons (Fsp3) is 0.462. The molecular weight excluding hydrogens is 394 g/mol. The minimum atomic E-state index is -5.14. The number of carbonyl (C=O) groups is 1. The Kier molecular flexibility index (Phi) is 7.02. The molecule has 1 N–H and O–H groups in total. The Balaban J connectivity index is 3.04. The largest absolute Gasteiger partial charge is 0.471 e. The summed E-state index contributed by atoms with van der Waals surface area (Å²) in [5, 5.41) is 1.49. The fourth-order valence-corrected chi connectivity index (χ4v) is 3.15. The number of hydrogen-bond donors (Lipinski definition) is 1. The summed E-state index contributed by atoms with van der Waals surface area (Å²) < 4.78 is 104. The molecular formula is C13H14F6N2O4S. The number of nitrogens with zero attached hydrogens (tertiary/aromatic N) is 1. The number of methoxy groups -OCH3 is 1. The van der Waals surface area contributed by atoms with E-state index in [9.17, 15) is 39.6 Å². The van der Waals surface area contributed by atoms with E-state index in [-0.39, 0.29) is 16.6 Å². The number of alkyl halides is 6. The second-order valence-corrected chi connectivity index (χ2v) is 6.86. The van der Waals surface area contributed by atoms with Crippen LogP contribution < -0.4 is 5.32 Å². The third kappa shape index (κ3) is 6.46. The lowest BCUT2D eigenvalue weighted by molar-refractivity contribution is -0.167. The molecule has 0 unspecified atom stereocenters. The predicted octanol–water partition coefficient (Wildman–Crippen LogP) is 2.39. The van der Waals surface area contributed by atoms with Crippen molar-refractivity contribution in [1.82, 2.24) is 4.31 Å². The summed E-state index contributed by atoms with van der Waals surface area (Å²) in [5.41, 5.74) is -0.370. The first kappa shape index (κ1) is 22.2. The Morgan fingerprint density at radius 2 is 1.65 bits per heavy atom. The topological polar surface area (TPSA) is 75.7 Å². The first-order valence-corrected chi connectivity index (χ1v) is 8.25. The van der Waals surface area contributed by atoms with Crippen LogP contribution >= 0.6 is 0 Å². The summed E-state index contributed by atoms with van der Waals surface area (Å²) >= 11 is 0. The molecule has 1 rings (SSSR count). The lowest BCUT2D eigenvalue weighted by atomic mass is 10.3. The number of benzene rings is 1. The Hall–Kier alpha value is -1.86. The van der Waals surface area contributed by atoms with Crippen molar-refractivity contribution in [2.24, 2.45) is 0 Å². The quantitative estimate of drug-likeness (QED) is 0.703. The van der Waals surface area contributed by atoms with Gasteiger partial charge in [0, 0.05) is 19.3 Å². The Bertz CT molecular complexity index is 716. The molecule has 1 aromatic rings. The average molecular weight is 408 g/mol. The highest BCUT2D eigenvalue weighted by atomic mass is 32.2. The van der Waals surface area contributed by atoms with Gasteiger partial charge in [-0.2, -0.15) is 30.6 Å². The molecule has 0 spiro atoms. The fourth-order valence-electron chi connectivity index (χ4n) is 1.74. The van der Waals surface area contributed by atoms with Crippen molar-refractivity contribution in [2.45, 2.75) is 17.2 Å². The van der Waals surface area contributed by atoms with Crippen molar-refractivity contribution < 1.29 is 44.3 Å². The van der Waals surface area contributed by atoms with Gasteiger partial charge in [-0.25, -0.2) is 8.42 Å². The summed E-state index contributed by atoms with van der Waals surface area (Å²) in [6.07, 6.45) is -9.95. The molecule has 0 aliphatic rings. The SMILES string of the molecule is COCCN(CC(F)(F)F)S(=O)(=O)c1ccc(NC(=O)C(F)(F)F)cc1. The van der Waals surface area contributed by atoms with Crippen molar-refractivity contribution in [2.75, 3.05) is 32.1 Å². The van der Waals surface area contributed by atoms with E-state index in [1.54, 1.807) is 0 Å². The maximum Gasteiger partial charge on any atom is 0.471 e. The van der Waals surface area contributed by atoms with Crippen LogP contribution in [0.4, 0.5) is 32.0 Å². The Labute approximate surface area is 144 Å². The van der Waals surface area contributed by atoms with Gasteiger partial charge in [-0.3, -0.25) is 4.79 Å². The van der Waals surface area contributed by atoms with Crippen LogP contribution in [0.25, 0.3) is 0 Å². The van der Waals surface area contributed by atoms with Crippen LogP contribution in [0.5, 0.6) is 0 Å². The molecule has 0 saturated heterocycles. The molecule has 26 heavy (non-hydrogen) atoms. The van der Waals surface area contributed by atoms with Gasteiger partial charge in [0.15, 0.2) is 0 Å². The number of sulfonamides is 1. The van der Waals surface area contributed by atoms with E-state index < -0.39 is 46.3 Å². The molecule has 0 saturated carbocycles. The van der Waals surface area contributed by atoms with Gasteiger partial charge in [0.2, 0.25) is 10.0 Å².